The van der Waals surface area contributed by atoms with Crippen LogP contribution in [0, 0.1) is 28.9 Å². The molecule has 0 spiro atoms. The van der Waals surface area contributed by atoms with Crippen molar-refractivity contribution in [1.29, 1.82) is 5.26 Å². The smallest absolute Gasteiger partial charge is 0.255 e. The zero-order valence-corrected chi connectivity index (χ0v) is 21.9. The van der Waals surface area contributed by atoms with Crippen molar-refractivity contribution >= 4 is 11.7 Å². The van der Waals surface area contributed by atoms with E-state index in [-0.39, 0.29) is 23.2 Å². The van der Waals surface area contributed by atoms with Gasteiger partial charge in [-0.1, -0.05) is 24.3 Å². The van der Waals surface area contributed by atoms with Gasteiger partial charge in [-0.15, -0.1) is 0 Å². The third-order valence-electron chi connectivity index (χ3n) is 8.03. The van der Waals surface area contributed by atoms with Crippen LogP contribution in [0.15, 0.2) is 66.4 Å². The monoisotopic (exact) mass is 530 g/mol. The molecule has 3 aliphatic rings. The number of likely N-dealkylation sites (tertiary alicyclic amines) is 2. The maximum absolute atomic E-state index is 14.1. The molecule has 0 N–H and O–H groups in total. The minimum Gasteiger partial charge on any atom is -0.370 e. The highest BCUT2D eigenvalue weighted by atomic mass is 19.1. The number of nitrogens with zero attached hydrogens (tertiary/aromatic N) is 4. The topological polar surface area (TPSA) is 67.7 Å². The Hall–Kier alpha value is -3.83. The van der Waals surface area contributed by atoms with Crippen LogP contribution in [0.3, 0.4) is 0 Å². The van der Waals surface area contributed by atoms with E-state index < -0.39 is 11.6 Å². The highest BCUT2D eigenvalue weighted by Gasteiger charge is 2.31. The summed E-state index contributed by atoms with van der Waals surface area (Å²) in [5, 5.41) is 8.98. The Morgan fingerprint density at radius 2 is 1.67 bits per heavy atom. The second kappa shape index (κ2) is 11.9. The van der Waals surface area contributed by atoms with Crippen molar-refractivity contribution in [3.05, 3.63) is 94.7 Å². The van der Waals surface area contributed by atoms with Gasteiger partial charge in [-0.2, -0.15) is 5.26 Å². The Bertz CT molecular complexity index is 1320. The maximum atomic E-state index is 14.1. The van der Waals surface area contributed by atoms with Gasteiger partial charge in [0.2, 0.25) is 0 Å². The third kappa shape index (κ3) is 6.26. The van der Waals surface area contributed by atoms with E-state index in [1.807, 2.05) is 42.6 Å². The largest absolute Gasteiger partial charge is 0.370 e. The average molecular weight is 531 g/mol. The molecule has 5 rings (SSSR count). The number of ketones is 1. The van der Waals surface area contributed by atoms with E-state index in [0.29, 0.717) is 43.1 Å². The molecule has 202 valence electrons. The summed E-state index contributed by atoms with van der Waals surface area (Å²) < 4.78 is 27.3. The van der Waals surface area contributed by atoms with Gasteiger partial charge in [0.05, 0.1) is 22.8 Å². The Balaban J connectivity index is 1.12. The lowest BCUT2D eigenvalue weighted by Crippen LogP contribution is -2.44. The lowest BCUT2D eigenvalue weighted by atomic mass is 9.88. The fourth-order valence-electron chi connectivity index (χ4n) is 5.75. The second-order valence-electron chi connectivity index (χ2n) is 10.6. The molecule has 2 fully saturated rings. The summed E-state index contributed by atoms with van der Waals surface area (Å²) in [4.78, 5) is 32.5. The van der Waals surface area contributed by atoms with Crippen molar-refractivity contribution in [2.24, 2.45) is 5.92 Å². The van der Waals surface area contributed by atoms with E-state index in [9.17, 15) is 18.4 Å². The minimum atomic E-state index is -0.837. The number of amides is 1. The minimum absolute atomic E-state index is 0.0481. The van der Waals surface area contributed by atoms with Gasteiger partial charge in [0.15, 0.2) is 5.78 Å². The van der Waals surface area contributed by atoms with Crippen LogP contribution in [0.1, 0.15) is 47.2 Å². The SMILES string of the molecule is N#Cc1ccc(CN2CCC(N3C=C(C(=O)N4CCC(C(=O)c5ccc(F)cc5F)CC4)C=CC3)CC2)cc1. The fourth-order valence-corrected chi connectivity index (χ4v) is 5.75. The second-order valence-corrected chi connectivity index (χ2v) is 10.6. The lowest BCUT2D eigenvalue weighted by Gasteiger charge is -2.39. The fraction of sp³-hybridized carbons (Fsp3) is 0.387. The van der Waals surface area contributed by atoms with E-state index in [1.165, 1.54) is 11.6 Å². The van der Waals surface area contributed by atoms with Gasteiger partial charge in [0.25, 0.3) is 5.91 Å². The van der Waals surface area contributed by atoms with Crippen molar-refractivity contribution in [2.45, 2.75) is 38.3 Å². The molecule has 1 amide bonds. The zero-order valence-electron chi connectivity index (χ0n) is 21.9. The van der Waals surface area contributed by atoms with Gasteiger partial charge in [0, 0.05) is 63.5 Å². The van der Waals surface area contributed by atoms with Gasteiger partial charge in [-0.3, -0.25) is 14.5 Å². The number of nitriles is 1. The Labute approximate surface area is 227 Å². The molecular weight excluding hydrogens is 498 g/mol. The molecule has 8 heteroatoms. The van der Waals surface area contributed by atoms with Crippen molar-refractivity contribution in [1.82, 2.24) is 14.7 Å². The summed E-state index contributed by atoms with van der Waals surface area (Å²) >= 11 is 0. The Kier molecular flexibility index (Phi) is 8.18. The number of benzene rings is 2. The van der Waals surface area contributed by atoms with Crippen molar-refractivity contribution in [2.75, 3.05) is 32.7 Å². The molecule has 0 radical (unpaired) electrons. The number of Topliss-reactive ketones (excluding diaryl/α,β-unsaturated/α-hetero) is 1. The van der Waals surface area contributed by atoms with E-state index in [2.05, 4.69) is 15.9 Å². The van der Waals surface area contributed by atoms with Gasteiger partial charge in [-0.25, -0.2) is 8.78 Å². The van der Waals surface area contributed by atoms with E-state index in [1.54, 1.807) is 4.90 Å². The average Bonchev–Trinajstić information content (AvgIpc) is 2.97. The van der Waals surface area contributed by atoms with E-state index in [4.69, 9.17) is 5.26 Å². The molecule has 3 heterocycles. The molecule has 2 aromatic rings. The highest BCUT2D eigenvalue weighted by Crippen LogP contribution is 2.26. The summed E-state index contributed by atoms with van der Waals surface area (Å²) in [5.41, 5.74) is 2.44. The van der Waals surface area contributed by atoms with Crippen LogP contribution in [0.5, 0.6) is 0 Å². The number of hydrogen-bond donors (Lipinski definition) is 0. The number of hydrogen-bond acceptors (Lipinski definition) is 5. The number of carbonyl (C=O) groups excluding carboxylic acids is 2. The molecule has 0 bridgehead atoms. The summed E-state index contributed by atoms with van der Waals surface area (Å²) in [6.45, 7) is 4.44. The van der Waals surface area contributed by atoms with Crippen LogP contribution in [0.2, 0.25) is 0 Å². The lowest BCUT2D eigenvalue weighted by molar-refractivity contribution is -0.128. The van der Waals surface area contributed by atoms with E-state index >= 15 is 0 Å². The van der Waals surface area contributed by atoms with Gasteiger partial charge < -0.3 is 9.80 Å². The summed E-state index contributed by atoms with van der Waals surface area (Å²) in [7, 11) is 0. The highest BCUT2D eigenvalue weighted by molar-refractivity contribution is 5.99. The van der Waals surface area contributed by atoms with Crippen LogP contribution in [-0.4, -0.2) is 65.2 Å². The molecule has 2 aromatic carbocycles. The molecule has 2 saturated heterocycles. The van der Waals surface area contributed by atoms with E-state index in [0.717, 1.165) is 51.2 Å². The van der Waals surface area contributed by atoms with Crippen LogP contribution in [0.4, 0.5) is 8.78 Å². The summed E-state index contributed by atoms with van der Waals surface area (Å²) in [6.07, 6.45) is 8.83. The quantitative estimate of drug-likeness (QED) is 0.508. The standard InChI is InChI=1S/C31H32F2N4O2/c32-26-7-8-28(29(33)18-26)30(38)24-9-16-36(17-10-24)31(39)25-2-1-13-37(21-25)27-11-14-35(15-12-27)20-23-5-3-22(19-34)4-6-23/h1-8,18,21,24,27H,9-17,20H2. The van der Waals surface area contributed by atoms with Crippen LogP contribution >= 0.6 is 0 Å². The van der Waals surface area contributed by atoms with Crippen molar-refractivity contribution in [3.8, 4) is 6.07 Å². The zero-order chi connectivity index (χ0) is 27.4. The molecule has 0 aromatic heterocycles. The molecule has 39 heavy (non-hydrogen) atoms. The van der Waals surface area contributed by atoms with Crippen LogP contribution in [-0.2, 0) is 11.3 Å². The van der Waals surface area contributed by atoms with Gasteiger partial charge >= 0.3 is 0 Å². The molecule has 0 saturated carbocycles. The first-order valence-corrected chi connectivity index (χ1v) is 13.6. The summed E-state index contributed by atoms with van der Waals surface area (Å²) in [5.74, 6) is -2.30. The first-order valence-electron chi connectivity index (χ1n) is 13.6. The normalized spacial score (nSPS) is 19.1. The predicted octanol–water partition coefficient (Wildman–Crippen LogP) is 4.68. The number of piperidine rings is 2. The van der Waals surface area contributed by atoms with Gasteiger partial charge in [-0.05, 0) is 55.5 Å². The van der Waals surface area contributed by atoms with Crippen LogP contribution < -0.4 is 0 Å². The first-order chi connectivity index (χ1) is 18.9. The number of rotatable bonds is 6. The Morgan fingerprint density at radius 3 is 2.33 bits per heavy atom. The number of halogens is 2. The third-order valence-corrected chi connectivity index (χ3v) is 8.03. The summed E-state index contributed by atoms with van der Waals surface area (Å²) in [6, 6.07) is 13.3. The molecule has 0 aliphatic carbocycles. The molecule has 0 atom stereocenters. The molecular formula is C31H32F2N4O2. The predicted molar refractivity (Wildman–Crippen MR) is 143 cm³/mol. The van der Waals surface area contributed by atoms with Crippen molar-refractivity contribution in [3.63, 3.8) is 0 Å². The van der Waals surface area contributed by atoms with Crippen molar-refractivity contribution < 1.29 is 18.4 Å². The molecule has 3 aliphatic heterocycles. The molecule has 0 unspecified atom stereocenters. The van der Waals surface area contributed by atoms with Gasteiger partial charge in [0.1, 0.15) is 11.6 Å². The van der Waals surface area contributed by atoms with Crippen LogP contribution in [0.25, 0.3) is 0 Å². The molecule has 6 nitrogen and oxygen atoms in total. The Morgan fingerprint density at radius 1 is 0.949 bits per heavy atom. The first kappa shape index (κ1) is 26.8. The maximum Gasteiger partial charge on any atom is 0.255 e. The number of carbonyl (C=O) groups is 2.